The van der Waals surface area contributed by atoms with E-state index < -0.39 is 19.7 Å². The Hall–Kier alpha value is -2.66. The second-order valence-corrected chi connectivity index (χ2v) is 6.38. The number of non-ortho nitro benzene ring substituents is 1. The van der Waals surface area contributed by atoms with E-state index in [-0.39, 0.29) is 10.6 Å². The number of nitro groups is 1. The molecule has 0 fully saturated rings. The lowest BCUT2D eigenvalue weighted by atomic mass is 10.3. The van der Waals surface area contributed by atoms with Crippen LogP contribution in [0.4, 0.5) is 5.69 Å². The molecule has 0 atom stereocenters. The summed E-state index contributed by atoms with van der Waals surface area (Å²) in [5.41, 5.74) is -0.215. The number of nitrogens with zero attached hydrogens (tertiary/aromatic N) is 3. The Morgan fingerprint density at radius 3 is 2.30 bits per heavy atom. The first-order chi connectivity index (χ1) is 10.9. The fourth-order valence-electron chi connectivity index (χ4n) is 1.75. The number of hydrogen-bond donors (Lipinski definition) is 0. The first-order valence-corrected chi connectivity index (χ1v) is 8.37. The quantitative estimate of drug-likeness (QED) is 0.328. The molecule has 0 aliphatic carbocycles. The zero-order valence-electron chi connectivity index (χ0n) is 12.8. The summed E-state index contributed by atoms with van der Waals surface area (Å²) < 4.78 is 24.7. The van der Waals surface area contributed by atoms with Crippen molar-refractivity contribution in [2.24, 2.45) is 0 Å². The molecule has 0 bridgehead atoms. The van der Waals surface area contributed by atoms with E-state index in [2.05, 4.69) is 0 Å². The predicted octanol–water partition coefficient (Wildman–Crippen LogP) is 2.63. The Morgan fingerprint density at radius 1 is 1.30 bits per heavy atom. The van der Waals surface area contributed by atoms with Gasteiger partial charge in [0.1, 0.15) is 11.0 Å². The summed E-state index contributed by atoms with van der Waals surface area (Å²) >= 11 is 0. The summed E-state index contributed by atoms with van der Waals surface area (Å²) in [5, 5.41) is 19.7. The van der Waals surface area contributed by atoms with Gasteiger partial charge in [-0.2, -0.15) is 5.26 Å². The minimum atomic E-state index is -4.00. The van der Waals surface area contributed by atoms with Crippen LogP contribution in [0.2, 0.25) is 0 Å². The maximum absolute atomic E-state index is 12.4. The Kier molecular flexibility index (Phi) is 6.48. The smallest absolute Gasteiger partial charge is 0.269 e. The van der Waals surface area contributed by atoms with Crippen molar-refractivity contribution in [3.63, 3.8) is 0 Å². The highest BCUT2D eigenvalue weighted by Crippen LogP contribution is 2.21. The van der Waals surface area contributed by atoms with E-state index in [1.807, 2.05) is 18.7 Å². The lowest BCUT2D eigenvalue weighted by molar-refractivity contribution is -0.384. The van der Waals surface area contributed by atoms with E-state index in [0.717, 1.165) is 37.4 Å². The maximum atomic E-state index is 12.4. The molecule has 0 aromatic heterocycles. The van der Waals surface area contributed by atoms with Gasteiger partial charge in [0.05, 0.1) is 9.82 Å². The molecular weight excluding hydrogens is 318 g/mol. The van der Waals surface area contributed by atoms with Crippen molar-refractivity contribution in [3.8, 4) is 6.07 Å². The van der Waals surface area contributed by atoms with Gasteiger partial charge in [0.25, 0.3) is 5.69 Å². The van der Waals surface area contributed by atoms with Gasteiger partial charge >= 0.3 is 0 Å². The molecule has 0 spiro atoms. The van der Waals surface area contributed by atoms with Crippen molar-refractivity contribution in [1.82, 2.24) is 4.90 Å². The zero-order valence-corrected chi connectivity index (χ0v) is 13.7. The predicted molar refractivity (Wildman–Crippen MR) is 86.0 cm³/mol. The molecule has 1 aromatic rings. The highest BCUT2D eigenvalue weighted by atomic mass is 32.2. The van der Waals surface area contributed by atoms with Crippen LogP contribution in [0.25, 0.3) is 0 Å². The molecule has 0 N–H and O–H groups in total. The molecule has 0 radical (unpaired) electrons. The van der Waals surface area contributed by atoms with Crippen LogP contribution in [0.15, 0.2) is 52.4 Å². The number of nitro benzene ring substituents is 1. The van der Waals surface area contributed by atoms with Gasteiger partial charge < -0.3 is 4.90 Å². The summed E-state index contributed by atoms with van der Waals surface area (Å²) in [6.45, 7) is 5.43. The summed E-state index contributed by atoms with van der Waals surface area (Å²) in [4.78, 5) is 11.3. The monoisotopic (exact) mass is 335 g/mol. The fraction of sp³-hybridized carbons (Fsp3) is 0.267. The van der Waals surface area contributed by atoms with Crippen molar-refractivity contribution < 1.29 is 13.3 Å². The molecule has 0 unspecified atom stereocenters. The third-order valence-corrected chi connectivity index (χ3v) is 4.81. The zero-order chi connectivity index (χ0) is 17.5. The summed E-state index contributed by atoms with van der Waals surface area (Å²) in [5.74, 6) is 0. The average molecular weight is 335 g/mol. The normalized spacial score (nSPS) is 12.1. The molecule has 23 heavy (non-hydrogen) atoms. The minimum Gasteiger partial charge on any atom is -0.378 e. The van der Waals surface area contributed by atoms with Gasteiger partial charge in [0.15, 0.2) is 0 Å². The van der Waals surface area contributed by atoms with Crippen LogP contribution >= 0.6 is 0 Å². The van der Waals surface area contributed by atoms with Crippen LogP contribution in [0.1, 0.15) is 13.8 Å². The second-order valence-electron chi connectivity index (χ2n) is 4.46. The largest absolute Gasteiger partial charge is 0.378 e. The van der Waals surface area contributed by atoms with E-state index in [9.17, 15) is 18.5 Å². The molecule has 0 saturated carbocycles. The Balaban J connectivity index is 3.13. The Morgan fingerprint density at radius 2 is 1.87 bits per heavy atom. The lowest BCUT2D eigenvalue weighted by Gasteiger charge is -2.13. The van der Waals surface area contributed by atoms with E-state index in [1.165, 1.54) is 12.2 Å². The SMILES string of the molecule is CCN(C=CC=C(C#N)S(=O)(=O)c1ccc([N+](=O)[O-])cc1)CC. The van der Waals surface area contributed by atoms with Gasteiger partial charge in [-0.25, -0.2) is 8.42 Å². The Labute approximate surface area is 135 Å². The molecule has 0 aliphatic heterocycles. The molecule has 0 heterocycles. The first-order valence-electron chi connectivity index (χ1n) is 6.89. The van der Waals surface area contributed by atoms with Crippen molar-refractivity contribution in [1.29, 1.82) is 5.26 Å². The van der Waals surface area contributed by atoms with E-state index in [4.69, 9.17) is 5.26 Å². The molecule has 1 aromatic carbocycles. The number of hydrogen-bond acceptors (Lipinski definition) is 6. The second kappa shape index (κ2) is 8.10. The number of sulfone groups is 1. The van der Waals surface area contributed by atoms with Crippen LogP contribution in [0.3, 0.4) is 0 Å². The Bertz CT molecular complexity index is 755. The lowest BCUT2D eigenvalue weighted by Crippen LogP contribution is -2.14. The van der Waals surface area contributed by atoms with Gasteiger partial charge in [-0.3, -0.25) is 10.1 Å². The van der Waals surface area contributed by atoms with Crippen molar-refractivity contribution in [2.75, 3.05) is 13.1 Å². The topological polar surface area (TPSA) is 104 Å². The molecule has 0 amide bonds. The van der Waals surface area contributed by atoms with Gasteiger partial charge in [-0.1, -0.05) is 0 Å². The summed E-state index contributed by atoms with van der Waals surface area (Å²) in [6, 6.07) is 6.07. The first kappa shape index (κ1) is 18.4. The third-order valence-electron chi connectivity index (χ3n) is 3.11. The summed E-state index contributed by atoms with van der Waals surface area (Å²) in [6.07, 6.45) is 4.41. The van der Waals surface area contributed by atoms with Gasteiger partial charge in [0.2, 0.25) is 9.84 Å². The third kappa shape index (κ3) is 4.66. The number of nitriles is 1. The molecule has 0 aliphatic rings. The summed E-state index contributed by atoms with van der Waals surface area (Å²) in [7, 11) is -4.00. The van der Waals surface area contributed by atoms with E-state index in [0.29, 0.717) is 0 Å². The van der Waals surface area contributed by atoms with Gasteiger partial charge in [-0.15, -0.1) is 0 Å². The number of rotatable bonds is 7. The van der Waals surface area contributed by atoms with Crippen molar-refractivity contribution >= 4 is 15.5 Å². The van der Waals surface area contributed by atoms with Gasteiger partial charge in [0, 0.05) is 25.2 Å². The van der Waals surface area contributed by atoms with Gasteiger partial charge in [-0.05, 0) is 44.3 Å². The molecule has 122 valence electrons. The van der Waals surface area contributed by atoms with E-state index >= 15 is 0 Å². The molecular formula is C15H17N3O4S. The highest BCUT2D eigenvalue weighted by molar-refractivity contribution is 7.95. The van der Waals surface area contributed by atoms with Crippen LogP contribution < -0.4 is 0 Å². The van der Waals surface area contributed by atoms with Crippen molar-refractivity contribution in [2.45, 2.75) is 18.7 Å². The fourth-order valence-corrected chi connectivity index (χ4v) is 2.87. The minimum absolute atomic E-state index is 0.160. The molecule has 0 saturated heterocycles. The average Bonchev–Trinajstić information content (AvgIpc) is 2.55. The van der Waals surface area contributed by atoms with Crippen molar-refractivity contribution in [3.05, 3.63) is 57.6 Å². The maximum Gasteiger partial charge on any atom is 0.269 e. The van der Waals surface area contributed by atoms with Crippen LogP contribution in [0, 0.1) is 21.4 Å². The number of benzene rings is 1. The van der Waals surface area contributed by atoms with Crippen LogP contribution in [-0.2, 0) is 9.84 Å². The van der Waals surface area contributed by atoms with Crippen LogP contribution in [-0.4, -0.2) is 31.3 Å². The molecule has 8 heteroatoms. The standard InChI is InChI=1S/C15H17N3O4S/c1-3-17(4-2)11-5-6-15(12-16)23(21,22)14-9-7-13(8-10-14)18(19)20/h5-11H,3-4H2,1-2H3. The number of allylic oxidation sites excluding steroid dienone is 3. The molecule has 7 nitrogen and oxygen atoms in total. The highest BCUT2D eigenvalue weighted by Gasteiger charge is 2.21. The van der Waals surface area contributed by atoms with E-state index in [1.54, 1.807) is 12.3 Å². The van der Waals surface area contributed by atoms with Crippen LogP contribution in [0.5, 0.6) is 0 Å². The molecule has 1 rings (SSSR count).